The lowest BCUT2D eigenvalue weighted by Gasteiger charge is -1.88. The summed E-state index contributed by atoms with van der Waals surface area (Å²) >= 11 is 8.27. The summed E-state index contributed by atoms with van der Waals surface area (Å²) in [7, 11) is 0. The quantitative estimate of drug-likeness (QED) is 0.762. The van der Waals surface area contributed by atoms with E-state index in [9.17, 15) is 4.79 Å². The van der Waals surface area contributed by atoms with Crippen LogP contribution >= 0.6 is 43.2 Å². The average molecular weight is 298 g/mol. The van der Waals surface area contributed by atoms with Gasteiger partial charge in [0.05, 0.1) is 9.35 Å². The SMILES string of the molecule is CCc1sc(C=O)c(Br)c1Br. The standard InChI is InChI=1S/C7H6Br2OS/c1-2-4-6(8)7(9)5(3-10)11-4/h3H,2H2,1H3. The van der Waals surface area contributed by atoms with Crippen molar-refractivity contribution in [2.24, 2.45) is 0 Å². The number of halogens is 2. The summed E-state index contributed by atoms with van der Waals surface area (Å²) in [5.41, 5.74) is 0. The van der Waals surface area contributed by atoms with Crippen molar-refractivity contribution in [2.45, 2.75) is 13.3 Å². The van der Waals surface area contributed by atoms with Crippen molar-refractivity contribution in [1.29, 1.82) is 0 Å². The van der Waals surface area contributed by atoms with Crippen molar-refractivity contribution in [3.8, 4) is 0 Å². The van der Waals surface area contributed by atoms with E-state index in [-0.39, 0.29) is 0 Å². The second kappa shape index (κ2) is 3.83. The fraction of sp³-hybridized carbons (Fsp3) is 0.286. The highest BCUT2D eigenvalue weighted by Gasteiger charge is 2.11. The molecule has 0 amide bonds. The number of hydrogen-bond donors (Lipinski definition) is 0. The molecule has 0 aromatic carbocycles. The largest absolute Gasteiger partial charge is 0.297 e. The molecular weight excluding hydrogens is 292 g/mol. The third-order valence-electron chi connectivity index (χ3n) is 1.32. The minimum absolute atomic E-state index is 0.758. The van der Waals surface area contributed by atoms with Crippen LogP contribution in [0.5, 0.6) is 0 Å². The van der Waals surface area contributed by atoms with Crippen molar-refractivity contribution < 1.29 is 4.79 Å². The highest BCUT2D eigenvalue weighted by atomic mass is 79.9. The Kier molecular flexibility index (Phi) is 3.28. The number of carbonyl (C=O) groups excluding carboxylic acids is 1. The maximum atomic E-state index is 10.5. The highest BCUT2D eigenvalue weighted by molar-refractivity contribution is 9.13. The number of thiophene rings is 1. The number of hydrogen-bond acceptors (Lipinski definition) is 2. The molecular formula is C7H6Br2OS. The van der Waals surface area contributed by atoms with Gasteiger partial charge in [0.1, 0.15) is 0 Å². The van der Waals surface area contributed by atoms with E-state index in [0.29, 0.717) is 0 Å². The lowest BCUT2D eigenvalue weighted by molar-refractivity contribution is 0.112. The van der Waals surface area contributed by atoms with Crippen LogP contribution in [0, 0.1) is 0 Å². The third-order valence-corrected chi connectivity index (χ3v) is 5.33. The number of rotatable bonds is 2. The number of aryl methyl sites for hydroxylation is 1. The van der Waals surface area contributed by atoms with Gasteiger partial charge in [-0.05, 0) is 38.3 Å². The molecule has 0 fully saturated rings. The minimum atomic E-state index is 0.758. The van der Waals surface area contributed by atoms with E-state index in [1.54, 1.807) is 0 Å². The van der Waals surface area contributed by atoms with E-state index in [1.807, 2.05) is 0 Å². The van der Waals surface area contributed by atoms with E-state index in [1.165, 1.54) is 16.2 Å². The molecule has 0 unspecified atom stereocenters. The smallest absolute Gasteiger partial charge is 0.161 e. The number of carbonyl (C=O) groups is 1. The van der Waals surface area contributed by atoms with Crippen molar-refractivity contribution >= 4 is 49.5 Å². The molecule has 0 radical (unpaired) electrons. The Balaban J connectivity index is 3.22. The van der Waals surface area contributed by atoms with Crippen molar-refractivity contribution in [1.82, 2.24) is 0 Å². The van der Waals surface area contributed by atoms with Crippen LogP contribution in [0.1, 0.15) is 21.5 Å². The summed E-state index contributed by atoms with van der Waals surface area (Å²) < 4.78 is 1.90. The Labute approximate surface area is 86.1 Å². The predicted octanol–water partition coefficient (Wildman–Crippen LogP) is 3.65. The molecule has 0 aliphatic carbocycles. The van der Waals surface area contributed by atoms with Crippen LogP contribution < -0.4 is 0 Å². The van der Waals surface area contributed by atoms with Gasteiger partial charge in [-0.2, -0.15) is 0 Å². The summed E-state index contributed by atoms with van der Waals surface area (Å²) in [4.78, 5) is 12.4. The lowest BCUT2D eigenvalue weighted by Crippen LogP contribution is -1.71. The normalized spacial score (nSPS) is 10.1. The lowest BCUT2D eigenvalue weighted by atomic mass is 10.4. The van der Waals surface area contributed by atoms with E-state index in [2.05, 4.69) is 38.8 Å². The van der Waals surface area contributed by atoms with E-state index in [4.69, 9.17) is 0 Å². The molecule has 0 saturated carbocycles. The Hall–Kier alpha value is 0.330. The van der Waals surface area contributed by atoms with Crippen LogP contribution in [-0.2, 0) is 6.42 Å². The van der Waals surface area contributed by atoms with Gasteiger partial charge >= 0.3 is 0 Å². The van der Waals surface area contributed by atoms with Crippen LogP contribution in [0.25, 0.3) is 0 Å². The van der Waals surface area contributed by atoms with Gasteiger partial charge in [0, 0.05) is 9.35 Å². The van der Waals surface area contributed by atoms with Crippen molar-refractivity contribution in [3.63, 3.8) is 0 Å². The third kappa shape index (κ3) is 1.73. The Bertz CT molecular complexity index is 280. The maximum absolute atomic E-state index is 10.5. The van der Waals surface area contributed by atoms with Gasteiger partial charge in [-0.15, -0.1) is 11.3 Å². The fourth-order valence-corrected chi connectivity index (χ4v) is 3.17. The first-order valence-electron chi connectivity index (χ1n) is 3.12. The summed E-state index contributed by atoms with van der Waals surface area (Å²) in [5.74, 6) is 0. The first kappa shape index (κ1) is 9.42. The second-order valence-corrected chi connectivity index (χ2v) is 4.71. The zero-order valence-corrected chi connectivity index (χ0v) is 9.85. The molecule has 0 spiro atoms. The molecule has 4 heteroatoms. The monoisotopic (exact) mass is 296 g/mol. The molecule has 11 heavy (non-hydrogen) atoms. The Morgan fingerprint density at radius 2 is 2.09 bits per heavy atom. The van der Waals surface area contributed by atoms with Gasteiger partial charge in [-0.25, -0.2) is 0 Å². The molecule has 60 valence electrons. The predicted molar refractivity (Wildman–Crippen MR) is 54.5 cm³/mol. The second-order valence-electron chi connectivity index (χ2n) is 1.99. The molecule has 0 atom stereocenters. The minimum Gasteiger partial charge on any atom is -0.297 e. The molecule has 1 rings (SSSR count). The highest BCUT2D eigenvalue weighted by Crippen LogP contribution is 2.36. The van der Waals surface area contributed by atoms with Crippen LogP contribution in [0.4, 0.5) is 0 Å². The Morgan fingerprint density at radius 1 is 1.45 bits per heavy atom. The Morgan fingerprint density at radius 3 is 2.36 bits per heavy atom. The van der Waals surface area contributed by atoms with Crippen LogP contribution in [0.2, 0.25) is 0 Å². The van der Waals surface area contributed by atoms with Crippen LogP contribution in [0.3, 0.4) is 0 Å². The molecule has 1 nitrogen and oxygen atoms in total. The molecule has 1 aromatic rings. The average Bonchev–Trinajstić information content (AvgIpc) is 2.30. The molecule has 0 N–H and O–H groups in total. The van der Waals surface area contributed by atoms with Crippen LogP contribution in [-0.4, -0.2) is 6.29 Å². The maximum Gasteiger partial charge on any atom is 0.161 e. The zero-order valence-electron chi connectivity index (χ0n) is 5.86. The molecule has 1 heterocycles. The van der Waals surface area contributed by atoms with E-state index < -0.39 is 0 Å². The van der Waals surface area contributed by atoms with Gasteiger partial charge in [-0.3, -0.25) is 4.79 Å². The molecule has 1 aromatic heterocycles. The van der Waals surface area contributed by atoms with Crippen LogP contribution in [0.15, 0.2) is 8.95 Å². The fourth-order valence-electron chi connectivity index (χ4n) is 0.756. The van der Waals surface area contributed by atoms with Gasteiger partial charge in [0.25, 0.3) is 0 Å². The molecule has 0 bridgehead atoms. The topological polar surface area (TPSA) is 17.1 Å². The van der Waals surface area contributed by atoms with E-state index >= 15 is 0 Å². The molecule has 0 aliphatic heterocycles. The zero-order chi connectivity index (χ0) is 8.43. The molecule has 0 aliphatic rings. The van der Waals surface area contributed by atoms with Crippen molar-refractivity contribution in [2.75, 3.05) is 0 Å². The first-order valence-corrected chi connectivity index (χ1v) is 5.52. The summed E-state index contributed by atoms with van der Waals surface area (Å²) in [6.45, 7) is 2.07. The summed E-state index contributed by atoms with van der Waals surface area (Å²) in [6, 6.07) is 0. The van der Waals surface area contributed by atoms with Gasteiger partial charge in [0.15, 0.2) is 6.29 Å². The summed E-state index contributed by atoms with van der Waals surface area (Å²) in [6.07, 6.45) is 1.83. The van der Waals surface area contributed by atoms with E-state index in [0.717, 1.165) is 26.5 Å². The molecule has 0 saturated heterocycles. The first-order chi connectivity index (χ1) is 5.20. The van der Waals surface area contributed by atoms with Crippen molar-refractivity contribution in [3.05, 3.63) is 18.7 Å². The van der Waals surface area contributed by atoms with Gasteiger partial charge in [-0.1, -0.05) is 6.92 Å². The summed E-state index contributed by atoms with van der Waals surface area (Å²) in [5, 5.41) is 0. The van der Waals surface area contributed by atoms with Gasteiger partial charge < -0.3 is 0 Å². The van der Waals surface area contributed by atoms with Gasteiger partial charge in [0.2, 0.25) is 0 Å². The number of aldehydes is 1.